The third kappa shape index (κ3) is 6.02. The molecule has 1 rings (SSSR count). The molecule has 0 aliphatic carbocycles. The normalized spacial score (nSPS) is 13.3. The number of benzene rings is 1. The van der Waals surface area contributed by atoms with Gasteiger partial charge in [-0.3, -0.25) is 0 Å². The first kappa shape index (κ1) is 15.0. The molecule has 102 valence electrons. The van der Waals surface area contributed by atoms with Gasteiger partial charge in [-0.15, -0.1) is 0 Å². The molecular formula is C13H21NO3S. The standard InChI is InChI=1S/C13H21NO3S/c1-11(10-18(3,15)16)14-8-7-12-5-4-6-13(9-12)17-2/h4-6,9,11,14H,7-8,10H2,1-3H3. The number of hydrogen-bond donors (Lipinski definition) is 1. The Morgan fingerprint density at radius 2 is 2.11 bits per heavy atom. The largest absolute Gasteiger partial charge is 0.497 e. The lowest BCUT2D eigenvalue weighted by atomic mass is 10.1. The minimum atomic E-state index is -2.91. The van der Waals surface area contributed by atoms with E-state index < -0.39 is 9.84 Å². The van der Waals surface area contributed by atoms with Gasteiger partial charge in [0, 0.05) is 12.3 Å². The molecule has 0 aromatic heterocycles. The van der Waals surface area contributed by atoms with Crippen LogP contribution in [0.1, 0.15) is 12.5 Å². The van der Waals surface area contributed by atoms with E-state index in [2.05, 4.69) is 5.32 Å². The van der Waals surface area contributed by atoms with Crippen LogP contribution in [0.3, 0.4) is 0 Å². The molecule has 0 fully saturated rings. The van der Waals surface area contributed by atoms with E-state index in [9.17, 15) is 8.42 Å². The van der Waals surface area contributed by atoms with Crippen molar-refractivity contribution in [2.75, 3.05) is 25.7 Å². The van der Waals surface area contributed by atoms with Crippen molar-refractivity contribution in [1.82, 2.24) is 5.32 Å². The van der Waals surface area contributed by atoms with Gasteiger partial charge in [-0.05, 0) is 37.6 Å². The van der Waals surface area contributed by atoms with E-state index >= 15 is 0 Å². The van der Waals surface area contributed by atoms with Gasteiger partial charge in [-0.1, -0.05) is 12.1 Å². The summed E-state index contributed by atoms with van der Waals surface area (Å²) >= 11 is 0. The molecule has 0 radical (unpaired) electrons. The third-order valence-electron chi connectivity index (χ3n) is 2.59. The van der Waals surface area contributed by atoms with E-state index in [0.717, 1.165) is 18.7 Å². The first-order chi connectivity index (χ1) is 8.40. The summed E-state index contributed by atoms with van der Waals surface area (Å²) in [6, 6.07) is 7.86. The molecule has 0 heterocycles. The van der Waals surface area contributed by atoms with E-state index in [1.54, 1.807) is 7.11 Å². The van der Waals surface area contributed by atoms with Crippen molar-refractivity contribution in [3.05, 3.63) is 29.8 Å². The Balaban J connectivity index is 2.37. The molecule has 0 bridgehead atoms. The fraction of sp³-hybridized carbons (Fsp3) is 0.538. The number of rotatable bonds is 7. The molecule has 4 nitrogen and oxygen atoms in total. The summed E-state index contributed by atoms with van der Waals surface area (Å²) < 4.78 is 27.4. The first-order valence-electron chi connectivity index (χ1n) is 5.95. The minimum absolute atomic E-state index is 0.0226. The van der Waals surface area contributed by atoms with Crippen LogP contribution in [-0.2, 0) is 16.3 Å². The van der Waals surface area contributed by atoms with E-state index in [1.807, 2.05) is 31.2 Å². The molecule has 1 unspecified atom stereocenters. The molecule has 0 saturated heterocycles. The Hall–Kier alpha value is -1.07. The van der Waals surface area contributed by atoms with Crippen LogP contribution in [0.2, 0.25) is 0 Å². The molecule has 0 amide bonds. The topological polar surface area (TPSA) is 55.4 Å². The second-order valence-electron chi connectivity index (χ2n) is 4.55. The molecule has 0 aliphatic rings. The minimum Gasteiger partial charge on any atom is -0.497 e. The monoisotopic (exact) mass is 271 g/mol. The molecule has 0 saturated carbocycles. The van der Waals surface area contributed by atoms with Crippen LogP contribution in [-0.4, -0.2) is 40.1 Å². The van der Waals surface area contributed by atoms with Crippen LogP contribution in [0, 0.1) is 0 Å². The molecule has 0 aliphatic heterocycles. The maximum Gasteiger partial charge on any atom is 0.148 e. The lowest BCUT2D eigenvalue weighted by Gasteiger charge is -2.12. The molecule has 1 N–H and O–H groups in total. The zero-order chi connectivity index (χ0) is 13.6. The molecule has 1 aromatic rings. The summed E-state index contributed by atoms with van der Waals surface area (Å²) in [7, 11) is -1.27. The van der Waals surface area contributed by atoms with Crippen molar-refractivity contribution < 1.29 is 13.2 Å². The lowest BCUT2D eigenvalue weighted by molar-refractivity contribution is 0.414. The van der Waals surface area contributed by atoms with Crippen LogP contribution in [0.4, 0.5) is 0 Å². The quantitative estimate of drug-likeness (QED) is 0.811. The summed E-state index contributed by atoms with van der Waals surface area (Å²) in [5.74, 6) is 1.02. The second kappa shape index (κ2) is 6.75. The fourth-order valence-corrected chi connectivity index (χ4v) is 2.83. The highest BCUT2D eigenvalue weighted by Crippen LogP contribution is 2.12. The number of hydrogen-bond acceptors (Lipinski definition) is 4. The number of nitrogens with one attached hydrogen (secondary N) is 1. The van der Waals surface area contributed by atoms with Gasteiger partial charge in [0.05, 0.1) is 12.9 Å². The van der Waals surface area contributed by atoms with Gasteiger partial charge in [0.25, 0.3) is 0 Å². The zero-order valence-corrected chi connectivity index (χ0v) is 12.0. The van der Waals surface area contributed by atoms with E-state index in [4.69, 9.17) is 4.74 Å². The summed E-state index contributed by atoms with van der Waals surface area (Å²) in [5, 5.41) is 3.21. The van der Waals surface area contributed by atoms with Gasteiger partial charge in [0.1, 0.15) is 15.6 Å². The van der Waals surface area contributed by atoms with E-state index in [-0.39, 0.29) is 11.8 Å². The predicted octanol–water partition coefficient (Wildman–Crippen LogP) is 1.26. The Morgan fingerprint density at radius 3 is 2.72 bits per heavy atom. The highest BCUT2D eigenvalue weighted by molar-refractivity contribution is 7.90. The van der Waals surface area contributed by atoms with Crippen LogP contribution >= 0.6 is 0 Å². The smallest absolute Gasteiger partial charge is 0.148 e. The van der Waals surface area contributed by atoms with Gasteiger partial charge in [0.2, 0.25) is 0 Å². The molecule has 0 spiro atoms. The van der Waals surface area contributed by atoms with Crippen molar-refractivity contribution in [1.29, 1.82) is 0 Å². The van der Waals surface area contributed by atoms with Gasteiger partial charge >= 0.3 is 0 Å². The van der Waals surface area contributed by atoms with Crippen LogP contribution < -0.4 is 10.1 Å². The molecule has 1 aromatic carbocycles. The number of ether oxygens (including phenoxy) is 1. The van der Waals surface area contributed by atoms with Crippen molar-refractivity contribution in [2.45, 2.75) is 19.4 Å². The van der Waals surface area contributed by atoms with Crippen molar-refractivity contribution >= 4 is 9.84 Å². The number of sulfone groups is 1. The van der Waals surface area contributed by atoms with Crippen molar-refractivity contribution in [3.8, 4) is 5.75 Å². The van der Waals surface area contributed by atoms with Gasteiger partial charge in [0.15, 0.2) is 0 Å². The maximum absolute atomic E-state index is 11.1. The summed E-state index contributed by atoms with van der Waals surface area (Å²) in [4.78, 5) is 0. The SMILES string of the molecule is COc1cccc(CCNC(C)CS(C)(=O)=O)c1. The number of methoxy groups -OCH3 is 1. The average molecular weight is 271 g/mol. The Kier molecular flexibility index (Phi) is 5.62. The summed E-state index contributed by atoms with van der Waals surface area (Å²) in [6.45, 7) is 2.64. The van der Waals surface area contributed by atoms with Gasteiger partial charge in [-0.2, -0.15) is 0 Å². The second-order valence-corrected chi connectivity index (χ2v) is 6.73. The summed E-state index contributed by atoms with van der Waals surface area (Å²) in [5.41, 5.74) is 1.17. The molecule has 18 heavy (non-hydrogen) atoms. The van der Waals surface area contributed by atoms with Gasteiger partial charge < -0.3 is 10.1 Å². The molecule has 1 atom stereocenters. The highest BCUT2D eigenvalue weighted by atomic mass is 32.2. The fourth-order valence-electron chi connectivity index (χ4n) is 1.80. The van der Waals surface area contributed by atoms with Crippen LogP contribution in [0.15, 0.2) is 24.3 Å². The summed E-state index contributed by atoms with van der Waals surface area (Å²) in [6.07, 6.45) is 2.11. The van der Waals surface area contributed by atoms with E-state index in [1.165, 1.54) is 11.8 Å². The zero-order valence-electron chi connectivity index (χ0n) is 11.1. The lowest BCUT2D eigenvalue weighted by Crippen LogP contribution is -2.34. The van der Waals surface area contributed by atoms with Crippen molar-refractivity contribution in [2.24, 2.45) is 0 Å². The third-order valence-corrected chi connectivity index (χ3v) is 3.70. The Bertz CT molecular complexity index is 471. The van der Waals surface area contributed by atoms with Gasteiger partial charge in [-0.25, -0.2) is 8.42 Å². The van der Waals surface area contributed by atoms with E-state index in [0.29, 0.717) is 0 Å². The predicted molar refractivity (Wildman–Crippen MR) is 73.9 cm³/mol. The first-order valence-corrected chi connectivity index (χ1v) is 8.01. The van der Waals surface area contributed by atoms with Crippen LogP contribution in [0.5, 0.6) is 5.75 Å². The Morgan fingerprint density at radius 1 is 1.39 bits per heavy atom. The molecule has 5 heteroatoms. The average Bonchev–Trinajstić information content (AvgIpc) is 2.27. The maximum atomic E-state index is 11.1. The highest BCUT2D eigenvalue weighted by Gasteiger charge is 2.09. The molecular weight excluding hydrogens is 250 g/mol. The Labute approximate surface area is 109 Å². The van der Waals surface area contributed by atoms with Crippen LogP contribution in [0.25, 0.3) is 0 Å². The van der Waals surface area contributed by atoms with Crippen molar-refractivity contribution in [3.63, 3.8) is 0 Å².